The fourth-order valence-corrected chi connectivity index (χ4v) is 2.31. The predicted molar refractivity (Wildman–Crippen MR) is 86.5 cm³/mol. The summed E-state index contributed by atoms with van der Waals surface area (Å²) in [4.78, 5) is 9.25. The van der Waals surface area contributed by atoms with E-state index in [1.165, 1.54) is 0 Å². The van der Waals surface area contributed by atoms with Crippen LogP contribution < -0.4 is 0 Å². The van der Waals surface area contributed by atoms with Gasteiger partial charge < -0.3 is 9.96 Å². The van der Waals surface area contributed by atoms with E-state index in [0.717, 1.165) is 13.1 Å². The number of hydrogen-bond donors (Lipinski definition) is 0. The third kappa shape index (κ3) is 38.1. The molecule has 0 aliphatic heterocycles. The number of hydrogen-bond acceptors (Lipinski definition) is 0. The Hall–Kier alpha value is 1.92. The van der Waals surface area contributed by atoms with E-state index >= 15 is 0 Å². The van der Waals surface area contributed by atoms with E-state index in [0.29, 0.717) is 0 Å². The van der Waals surface area contributed by atoms with Crippen molar-refractivity contribution in [3.8, 4) is 0 Å². The van der Waals surface area contributed by atoms with Crippen LogP contribution in [-0.4, -0.2) is 38.4 Å². The van der Waals surface area contributed by atoms with Crippen molar-refractivity contribution in [3.05, 3.63) is 9.96 Å². The molecule has 0 spiro atoms. The smallest absolute Gasteiger partial charge is 0.0379 e. The molecule has 0 aliphatic carbocycles. The largest absolute Gasteiger partial charge is 0.666 e. The summed E-state index contributed by atoms with van der Waals surface area (Å²) in [6.07, 6.45) is 0. The molecule has 0 saturated heterocycles. The molecule has 0 unspecified atom stereocenters. The van der Waals surface area contributed by atoms with Gasteiger partial charge in [0.25, 0.3) is 0 Å². The zero-order chi connectivity index (χ0) is 13.4. The van der Waals surface area contributed by atoms with Crippen LogP contribution in [0.25, 0.3) is 9.96 Å². The maximum absolute atomic E-state index is 4.63. The Morgan fingerprint density at radius 3 is 1.00 bits per heavy atom. The molecule has 0 atom stereocenters. The topological polar surface area (TPSA) is 28.2 Å². The van der Waals surface area contributed by atoms with Crippen LogP contribution >= 0.6 is 0 Å². The molecule has 0 bridgehead atoms. The van der Waals surface area contributed by atoms with Gasteiger partial charge in [0.15, 0.2) is 0 Å². The third-order valence-corrected chi connectivity index (χ3v) is 3.62. The molecule has 103 valence electrons. The second-order valence-electron chi connectivity index (χ2n) is 6.61. The molecule has 0 aromatic heterocycles. The van der Waals surface area contributed by atoms with Gasteiger partial charge in [-0.15, -0.1) is 0 Å². The van der Waals surface area contributed by atoms with Gasteiger partial charge in [0.2, 0.25) is 0 Å². The molecule has 0 saturated carbocycles. The summed E-state index contributed by atoms with van der Waals surface area (Å²) in [6, 6.07) is 0. The standard InChI is InChI=1S/C8H22N2Si2.C3H9Si.Nd/c1-11(2,3)9-7-8-10-12(4,5)6;1-4(2)3;/h7-8H2,1-6H3;1-3H3;/q-2;;. The Labute approximate surface area is 146 Å². The maximum atomic E-state index is 4.63. The van der Waals surface area contributed by atoms with Crippen molar-refractivity contribution in [3.63, 3.8) is 0 Å². The molecule has 0 aromatic rings. The minimum absolute atomic E-state index is 0. The molecule has 1 radical (unpaired) electrons. The zero-order valence-electron chi connectivity index (χ0n) is 13.3. The summed E-state index contributed by atoms with van der Waals surface area (Å²) in [5, 5.41) is 0. The van der Waals surface area contributed by atoms with Crippen LogP contribution in [0.5, 0.6) is 0 Å². The van der Waals surface area contributed by atoms with Gasteiger partial charge in [-0.25, -0.2) is 0 Å². The quantitative estimate of drug-likeness (QED) is 0.453. The van der Waals surface area contributed by atoms with Gasteiger partial charge in [-0.1, -0.05) is 75.4 Å². The maximum Gasteiger partial charge on any atom is 0.0379 e. The first kappa shape index (κ1) is 24.0. The van der Waals surface area contributed by atoms with E-state index in [1.54, 1.807) is 0 Å². The van der Waals surface area contributed by atoms with Crippen molar-refractivity contribution in [2.75, 3.05) is 13.1 Å². The predicted octanol–water partition coefficient (Wildman–Crippen LogP) is 4.77. The summed E-state index contributed by atoms with van der Waals surface area (Å²) in [5.74, 6) is 0. The first-order chi connectivity index (χ1) is 6.94. The number of rotatable bonds is 5. The molecule has 0 amide bonds. The van der Waals surface area contributed by atoms with E-state index in [1.807, 2.05) is 0 Å². The van der Waals surface area contributed by atoms with Gasteiger partial charge in [-0.3, -0.25) is 0 Å². The molecule has 17 heavy (non-hydrogen) atoms. The van der Waals surface area contributed by atoms with Crippen LogP contribution in [0, 0.1) is 40.8 Å². The van der Waals surface area contributed by atoms with Crippen molar-refractivity contribution in [2.45, 2.75) is 58.9 Å². The summed E-state index contributed by atoms with van der Waals surface area (Å²) >= 11 is 0. The molecular weight excluding hydrogens is 389 g/mol. The summed E-state index contributed by atoms with van der Waals surface area (Å²) in [6.45, 7) is 22.3. The van der Waals surface area contributed by atoms with E-state index in [-0.39, 0.29) is 49.6 Å². The van der Waals surface area contributed by atoms with E-state index in [9.17, 15) is 0 Å². The van der Waals surface area contributed by atoms with E-state index in [4.69, 9.17) is 0 Å². The zero-order valence-corrected chi connectivity index (χ0v) is 19.5. The summed E-state index contributed by atoms with van der Waals surface area (Å²) in [7, 11) is -2.23. The molecule has 2 nitrogen and oxygen atoms in total. The Balaban J connectivity index is -0.000000340. The molecule has 0 aliphatic rings. The Morgan fingerprint density at radius 2 is 0.882 bits per heavy atom. The third-order valence-electron chi connectivity index (χ3n) is 1.27. The molecule has 6 heteroatoms. The number of nitrogens with zero attached hydrogens (tertiary/aromatic N) is 2. The molecule has 0 heterocycles. The fourth-order valence-electron chi connectivity index (χ4n) is 0.771. The van der Waals surface area contributed by atoms with Crippen LogP contribution in [0.1, 0.15) is 0 Å². The molecule has 0 N–H and O–H groups in total. The van der Waals surface area contributed by atoms with Crippen LogP contribution in [0.2, 0.25) is 58.9 Å². The van der Waals surface area contributed by atoms with Gasteiger partial charge in [-0.2, -0.15) is 13.1 Å². The van der Waals surface area contributed by atoms with Gasteiger partial charge >= 0.3 is 0 Å². The molecule has 0 aromatic carbocycles. The monoisotopic (exact) mass is 417 g/mol. The van der Waals surface area contributed by atoms with Gasteiger partial charge in [0.05, 0.1) is 0 Å². The van der Waals surface area contributed by atoms with Crippen LogP contribution in [0.4, 0.5) is 0 Å². The molecule has 0 fully saturated rings. The SMILES string of the molecule is C[Si](C)(C)[N-]CC[N-][Si](C)(C)C.C[Si](C)C.[Nd]. The van der Waals surface area contributed by atoms with Crippen molar-refractivity contribution in [1.29, 1.82) is 0 Å². The van der Waals surface area contributed by atoms with Gasteiger partial charge in [0, 0.05) is 49.6 Å². The van der Waals surface area contributed by atoms with E-state index < -0.39 is 16.5 Å². The molecular formula is C11H31N2NdSi3-2. The second-order valence-corrected chi connectivity index (χ2v) is 18.9. The van der Waals surface area contributed by atoms with Crippen LogP contribution in [0.3, 0.4) is 0 Å². The van der Waals surface area contributed by atoms with Crippen molar-refractivity contribution < 1.29 is 40.8 Å². The second kappa shape index (κ2) is 11.7. The van der Waals surface area contributed by atoms with Crippen molar-refractivity contribution in [1.82, 2.24) is 0 Å². The van der Waals surface area contributed by atoms with Crippen LogP contribution in [-0.2, 0) is 0 Å². The normalized spacial score (nSPS) is 11.6. The van der Waals surface area contributed by atoms with Crippen molar-refractivity contribution >= 4 is 25.3 Å². The summed E-state index contributed by atoms with van der Waals surface area (Å²) in [5.41, 5.74) is 0. The van der Waals surface area contributed by atoms with Gasteiger partial charge in [-0.05, 0) is 0 Å². The molecule has 0 rings (SSSR count). The first-order valence-electron chi connectivity index (χ1n) is 6.08. The fraction of sp³-hybridized carbons (Fsp3) is 1.00. The van der Waals surface area contributed by atoms with E-state index in [2.05, 4.69) is 68.9 Å². The first-order valence-corrected chi connectivity index (χ1v) is 16.0. The average Bonchev–Trinajstić information content (AvgIpc) is 1.93. The van der Waals surface area contributed by atoms with Gasteiger partial charge in [0.1, 0.15) is 0 Å². The van der Waals surface area contributed by atoms with Crippen molar-refractivity contribution in [2.24, 2.45) is 0 Å². The Kier molecular flexibility index (Phi) is 16.5. The Bertz CT molecular complexity index is 146. The average molecular weight is 420 g/mol. The minimum atomic E-state index is -1.17. The van der Waals surface area contributed by atoms with Crippen LogP contribution in [0.15, 0.2) is 0 Å². The Morgan fingerprint density at radius 1 is 0.706 bits per heavy atom. The summed E-state index contributed by atoms with van der Waals surface area (Å²) < 4.78 is 0. The minimum Gasteiger partial charge on any atom is -0.666 e.